The molecule has 0 aromatic rings. The highest BCUT2D eigenvalue weighted by molar-refractivity contribution is 5.82. The van der Waals surface area contributed by atoms with Crippen LogP contribution < -0.4 is 5.32 Å². The molecule has 1 fully saturated rings. The third-order valence-corrected chi connectivity index (χ3v) is 2.61. The molecule has 1 saturated heterocycles. The van der Waals surface area contributed by atoms with Crippen LogP contribution in [-0.4, -0.2) is 48.8 Å². The highest BCUT2D eigenvalue weighted by Gasteiger charge is 2.40. The first-order chi connectivity index (χ1) is 8.34. The van der Waals surface area contributed by atoms with Crippen LogP contribution in [0.15, 0.2) is 0 Å². The summed E-state index contributed by atoms with van der Waals surface area (Å²) < 4.78 is 40.8. The fraction of sp³-hybridized carbons (Fsp3) is 0.800. The molecule has 1 rings (SSSR count). The Labute approximate surface area is 102 Å². The van der Waals surface area contributed by atoms with Crippen molar-refractivity contribution >= 4 is 12.0 Å². The summed E-state index contributed by atoms with van der Waals surface area (Å²) in [7, 11) is 0. The Hall–Kier alpha value is -1.47. The Kier molecular flexibility index (Phi) is 4.80. The Bertz CT molecular complexity index is 312. The molecular formula is C10H15F3N2O3. The first-order valence-electron chi connectivity index (χ1n) is 5.64. The summed E-state index contributed by atoms with van der Waals surface area (Å²) in [5.74, 6) is -1.93. The summed E-state index contributed by atoms with van der Waals surface area (Å²) in [5, 5.41) is 1.91. The van der Waals surface area contributed by atoms with Crippen molar-refractivity contribution in [1.82, 2.24) is 10.2 Å². The maximum Gasteiger partial charge on any atom is 0.471 e. The number of likely N-dealkylation sites (tertiary alicyclic amines) is 1. The fourth-order valence-electron chi connectivity index (χ4n) is 1.69. The van der Waals surface area contributed by atoms with Crippen LogP contribution in [0.5, 0.6) is 0 Å². The highest BCUT2D eigenvalue weighted by Crippen LogP contribution is 2.17. The molecule has 0 aromatic carbocycles. The largest absolute Gasteiger partial charge is 0.471 e. The minimum absolute atomic E-state index is 0.254. The van der Waals surface area contributed by atoms with E-state index in [1.807, 2.05) is 5.32 Å². The highest BCUT2D eigenvalue weighted by atomic mass is 19.4. The number of hydrogen-bond acceptors (Lipinski definition) is 3. The Morgan fingerprint density at radius 3 is 2.33 bits per heavy atom. The van der Waals surface area contributed by atoms with Gasteiger partial charge in [-0.2, -0.15) is 13.2 Å². The molecule has 1 aliphatic rings. The quantitative estimate of drug-likeness (QED) is 0.821. The van der Waals surface area contributed by atoms with Gasteiger partial charge in [0, 0.05) is 19.1 Å². The number of ether oxygens (including phenoxy) is 1. The zero-order chi connectivity index (χ0) is 13.8. The summed E-state index contributed by atoms with van der Waals surface area (Å²) in [6.07, 6.45) is -4.75. The predicted molar refractivity (Wildman–Crippen MR) is 55.8 cm³/mol. The van der Waals surface area contributed by atoms with Crippen molar-refractivity contribution in [3.8, 4) is 0 Å². The van der Waals surface area contributed by atoms with Crippen LogP contribution in [0.4, 0.5) is 18.0 Å². The number of alkyl halides is 3. The second-order valence-electron chi connectivity index (χ2n) is 3.93. The van der Waals surface area contributed by atoms with E-state index >= 15 is 0 Å². The Balaban J connectivity index is 2.36. The first-order valence-corrected chi connectivity index (χ1v) is 5.64. The van der Waals surface area contributed by atoms with Crippen molar-refractivity contribution in [2.75, 3.05) is 19.7 Å². The van der Waals surface area contributed by atoms with Gasteiger partial charge in [-0.25, -0.2) is 4.79 Å². The summed E-state index contributed by atoms with van der Waals surface area (Å²) in [6.45, 7) is 2.49. The molecule has 0 radical (unpaired) electrons. The van der Waals surface area contributed by atoms with Crippen LogP contribution in [0.3, 0.4) is 0 Å². The average Bonchev–Trinajstić information content (AvgIpc) is 2.29. The Morgan fingerprint density at radius 2 is 1.89 bits per heavy atom. The van der Waals surface area contributed by atoms with Crippen LogP contribution in [0.2, 0.25) is 0 Å². The standard InChI is InChI=1S/C10H15F3N2O3/c1-2-18-9(17)15-5-3-7(4-6-15)14-8(16)10(11,12)13/h7H,2-6H2,1H3,(H,14,16). The molecule has 0 unspecified atom stereocenters. The van der Waals surface area contributed by atoms with Gasteiger partial charge in [-0.1, -0.05) is 0 Å². The third kappa shape index (κ3) is 4.08. The first kappa shape index (κ1) is 14.6. The number of carbonyl (C=O) groups excluding carboxylic acids is 2. The van der Waals surface area contributed by atoms with E-state index in [-0.39, 0.29) is 19.7 Å². The maximum atomic E-state index is 12.0. The summed E-state index contributed by atoms with van der Waals surface area (Å²) in [4.78, 5) is 23.4. The number of hydrogen-bond donors (Lipinski definition) is 1. The lowest BCUT2D eigenvalue weighted by molar-refractivity contribution is -0.174. The number of rotatable bonds is 2. The van der Waals surface area contributed by atoms with E-state index in [1.165, 1.54) is 4.90 Å². The number of piperidine rings is 1. The zero-order valence-electron chi connectivity index (χ0n) is 9.92. The molecular weight excluding hydrogens is 253 g/mol. The van der Waals surface area contributed by atoms with E-state index in [0.29, 0.717) is 12.8 Å². The molecule has 0 saturated carbocycles. The zero-order valence-corrected chi connectivity index (χ0v) is 9.92. The molecule has 0 bridgehead atoms. The lowest BCUT2D eigenvalue weighted by Crippen LogP contribution is -2.49. The molecule has 8 heteroatoms. The normalized spacial score (nSPS) is 17.4. The third-order valence-electron chi connectivity index (χ3n) is 2.61. The van der Waals surface area contributed by atoms with E-state index in [2.05, 4.69) is 0 Å². The van der Waals surface area contributed by atoms with Gasteiger partial charge in [-0.05, 0) is 19.8 Å². The van der Waals surface area contributed by atoms with E-state index in [4.69, 9.17) is 4.74 Å². The number of carbonyl (C=O) groups is 2. The van der Waals surface area contributed by atoms with Crippen molar-refractivity contribution in [1.29, 1.82) is 0 Å². The molecule has 1 heterocycles. The SMILES string of the molecule is CCOC(=O)N1CCC(NC(=O)C(F)(F)F)CC1. The topological polar surface area (TPSA) is 58.6 Å². The van der Waals surface area contributed by atoms with Gasteiger partial charge < -0.3 is 15.0 Å². The van der Waals surface area contributed by atoms with Crippen molar-refractivity contribution in [3.05, 3.63) is 0 Å². The molecule has 1 N–H and O–H groups in total. The molecule has 104 valence electrons. The van der Waals surface area contributed by atoms with Crippen molar-refractivity contribution in [2.45, 2.75) is 32.0 Å². The number of nitrogens with one attached hydrogen (secondary N) is 1. The molecule has 2 amide bonds. The lowest BCUT2D eigenvalue weighted by Gasteiger charge is -2.31. The second-order valence-corrected chi connectivity index (χ2v) is 3.93. The Morgan fingerprint density at radius 1 is 1.33 bits per heavy atom. The average molecular weight is 268 g/mol. The van der Waals surface area contributed by atoms with Crippen molar-refractivity contribution in [3.63, 3.8) is 0 Å². The van der Waals surface area contributed by atoms with Gasteiger partial charge in [-0.15, -0.1) is 0 Å². The number of nitrogens with zero attached hydrogens (tertiary/aromatic N) is 1. The molecule has 5 nitrogen and oxygen atoms in total. The molecule has 1 aliphatic heterocycles. The van der Waals surface area contributed by atoms with E-state index in [0.717, 1.165) is 0 Å². The van der Waals surface area contributed by atoms with Crippen LogP contribution in [0.1, 0.15) is 19.8 Å². The van der Waals surface area contributed by atoms with Gasteiger partial charge in [0.05, 0.1) is 6.61 Å². The summed E-state index contributed by atoms with van der Waals surface area (Å²) in [6, 6.07) is -0.551. The minimum Gasteiger partial charge on any atom is -0.450 e. The predicted octanol–water partition coefficient (Wildman–Crippen LogP) is 1.29. The minimum atomic E-state index is -4.86. The van der Waals surface area contributed by atoms with Crippen molar-refractivity contribution in [2.24, 2.45) is 0 Å². The van der Waals surface area contributed by atoms with Gasteiger partial charge in [0.2, 0.25) is 0 Å². The van der Waals surface area contributed by atoms with Gasteiger partial charge in [0.25, 0.3) is 0 Å². The smallest absolute Gasteiger partial charge is 0.450 e. The monoisotopic (exact) mass is 268 g/mol. The van der Waals surface area contributed by atoms with Crippen LogP contribution >= 0.6 is 0 Å². The van der Waals surface area contributed by atoms with Gasteiger partial charge in [0.1, 0.15) is 0 Å². The summed E-state index contributed by atoms with van der Waals surface area (Å²) in [5.41, 5.74) is 0. The lowest BCUT2D eigenvalue weighted by atomic mass is 10.1. The van der Waals surface area contributed by atoms with Crippen LogP contribution in [-0.2, 0) is 9.53 Å². The van der Waals surface area contributed by atoms with Crippen LogP contribution in [0, 0.1) is 0 Å². The van der Waals surface area contributed by atoms with Gasteiger partial charge in [0.15, 0.2) is 0 Å². The van der Waals surface area contributed by atoms with E-state index in [9.17, 15) is 22.8 Å². The number of amides is 2. The molecule has 0 aromatic heterocycles. The van der Waals surface area contributed by atoms with E-state index in [1.54, 1.807) is 6.92 Å². The molecule has 0 atom stereocenters. The molecule has 0 spiro atoms. The van der Waals surface area contributed by atoms with Crippen LogP contribution in [0.25, 0.3) is 0 Å². The molecule has 18 heavy (non-hydrogen) atoms. The van der Waals surface area contributed by atoms with Gasteiger partial charge in [-0.3, -0.25) is 4.79 Å². The number of halogens is 3. The van der Waals surface area contributed by atoms with E-state index < -0.39 is 24.2 Å². The van der Waals surface area contributed by atoms with Crippen molar-refractivity contribution < 1.29 is 27.5 Å². The molecule has 0 aliphatic carbocycles. The maximum absolute atomic E-state index is 12.0. The fourth-order valence-corrected chi connectivity index (χ4v) is 1.69. The summed E-state index contributed by atoms with van der Waals surface area (Å²) >= 11 is 0. The second kappa shape index (κ2) is 5.92. The van der Waals surface area contributed by atoms with Gasteiger partial charge >= 0.3 is 18.2 Å².